The van der Waals surface area contributed by atoms with Crippen molar-refractivity contribution < 1.29 is 14.9 Å². The highest BCUT2D eigenvalue weighted by atomic mass is 35.5. The number of hydrogen-bond acceptors (Lipinski definition) is 8. The number of ether oxygens (including phenoxy) is 1. The molecule has 12 heteroatoms. The summed E-state index contributed by atoms with van der Waals surface area (Å²) in [6, 6.07) is 9.75. The quantitative estimate of drug-likeness (QED) is 0.235. The molecule has 2 aromatic heterocycles. The second-order valence-electron chi connectivity index (χ2n) is 7.10. The molecular formula is C18H19ClN8O3. The molecular weight excluding hydrogens is 412 g/mol. The molecule has 0 amide bonds. The molecule has 0 radical (unpaired) electrons. The van der Waals surface area contributed by atoms with E-state index in [1.54, 1.807) is 0 Å². The van der Waals surface area contributed by atoms with Gasteiger partial charge in [0.05, 0.1) is 19.0 Å². The molecule has 3 heterocycles. The van der Waals surface area contributed by atoms with Crippen LogP contribution in [0.3, 0.4) is 0 Å². The molecule has 1 aliphatic rings. The van der Waals surface area contributed by atoms with E-state index in [0.29, 0.717) is 23.5 Å². The molecule has 156 valence electrons. The van der Waals surface area contributed by atoms with Crippen LogP contribution in [0.5, 0.6) is 0 Å². The van der Waals surface area contributed by atoms with E-state index in [4.69, 9.17) is 21.9 Å². The van der Waals surface area contributed by atoms with Gasteiger partial charge in [0.15, 0.2) is 23.2 Å². The number of hydrogen-bond donors (Lipinski definition) is 3. The van der Waals surface area contributed by atoms with Crippen LogP contribution < -0.4 is 5.32 Å². The number of nitrogens with one attached hydrogen (secondary N) is 1. The highest BCUT2D eigenvalue weighted by molar-refractivity contribution is 6.28. The summed E-state index contributed by atoms with van der Waals surface area (Å²) in [6.07, 6.45) is -1.79. The second kappa shape index (κ2) is 8.05. The standard InChI is InChI=1S/C18H19ClN8O3/c1-18(29)11(8-23-26-20)30-16(13(18)28)27-9-22-12-14(24-17(19)25-15(12)27)21-7-10-5-3-2-4-6-10/h2-6,9,11,13,16,28-29H,7-8H2,1H3,(H,21,24,25)/t11-,13+,16-,18+/m1/s1. The van der Waals surface area contributed by atoms with Crippen molar-refractivity contribution in [2.75, 3.05) is 11.9 Å². The van der Waals surface area contributed by atoms with E-state index >= 15 is 0 Å². The minimum atomic E-state index is -1.64. The molecule has 30 heavy (non-hydrogen) atoms. The SMILES string of the molecule is C[C@]1(O)[C@@H](CN=[N+]=[N-])O[C@@H](n2cnc3c(NCc4ccccc4)nc(Cl)nc32)[C@@H]1O. The fraction of sp³-hybridized carbons (Fsp3) is 0.389. The summed E-state index contributed by atoms with van der Waals surface area (Å²) in [7, 11) is 0. The van der Waals surface area contributed by atoms with Crippen molar-refractivity contribution in [3.05, 3.63) is 57.9 Å². The molecule has 1 saturated heterocycles. The van der Waals surface area contributed by atoms with E-state index in [1.807, 2.05) is 30.3 Å². The normalized spacial score (nSPS) is 25.9. The monoisotopic (exact) mass is 430 g/mol. The molecule has 0 unspecified atom stereocenters. The van der Waals surface area contributed by atoms with Crippen LogP contribution in [0.1, 0.15) is 18.7 Å². The molecule has 4 rings (SSSR count). The second-order valence-corrected chi connectivity index (χ2v) is 7.44. The third kappa shape index (κ3) is 3.64. The third-order valence-corrected chi connectivity index (χ3v) is 5.28. The molecule has 3 aromatic rings. The Morgan fingerprint density at radius 1 is 1.37 bits per heavy atom. The van der Waals surface area contributed by atoms with Crippen molar-refractivity contribution in [2.45, 2.75) is 37.5 Å². The van der Waals surface area contributed by atoms with Gasteiger partial charge in [0.25, 0.3) is 0 Å². The van der Waals surface area contributed by atoms with Crippen molar-refractivity contribution >= 4 is 28.6 Å². The van der Waals surface area contributed by atoms with Gasteiger partial charge >= 0.3 is 0 Å². The fourth-order valence-corrected chi connectivity index (χ4v) is 3.56. The van der Waals surface area contributed by atoms with Crippen LogP contribution in [0.15, 0.2) is 41.8 Å². The lowest BCUT2D eigenvalue weighted by Crippen LogP contribution is -2.45. The van der Waals surface area contributed by atoms with Gasteiger partial charge in [0.1, 0.15) is 11.7 Å². The summed E-state index contributed by atoms with van der Waals surface area (Å²) in [6.45, 7) is 1.79. The Kier molecular flexibility index (Phi) is 5.46. The number of imidazole rings is 1. The Bertz CT molecular complexity index is 1100. The third-order valence-electron chi connectivity index (χ3n) is 5.11. The van der Waals surface area contributed by atoms with E-state index < -0.39 is 24.0 Å². The minimum absolute atomic E-state index is 0.00955. The molecule has 4 atom stereocenters. The zero-order chi connectivity index (χ0) is 21.3. The van der Waals surface area contributed by atoms with Crippen LogP contribution in [-0.2, 0) is 11.3 Å². The lowest BCUT2D eigenvalue weighted by atomic mass is 9.94. The Morgan fingerprint density at radius 3 is 2.87 bits per heavy atom. The maximum absolute atomic E-state index is 10.7. The summed E-state index contributed by atoms with van der Waals surface area (Å²) in [5, 5.41) is 27.9. The molecule has 0 aliphatic carbocycles. The molecule has 11 nitrogen and oxygen atoms in total. The number of fused-ring (bicyclic) bond motifs is 1. The summed E-state index contributed by atoms with van der Waals surface area (Å²) in [4.78, 5) is 15.5. The van der Waals surface area contributed by atoms with Gasteiger partial charge in [-0.3, -0.25) is 4.57 Å². The number of azide groups is 1. The molecule has 1 fully saturated rings. The molecule has 0 bridgehead atoms. The maximum Gasteiger partial charge on any atom is 0.226 e. The molecule has 1 aliphatic heterocycles. The molecule has 3 N–H and O–H groups in total. The van der Waals surface area contributed by atoms with Crippen LogP contribution in [0.2, 0.25) is 5.28 Å². The van der Waals surface area contributed by atoms with Gasteiger partial charge in [-0.05, 0) is 29.6 Å². The number of benzene rings is 1. The van der Waals surface area contributed by atoms with Gasteiger partial charge in [-0.15, -0.1) is 0 Å². The van der Waals surface area contributed by atoms with Crippen LogP contribution >= 0.6 is 11.6 Å². The van der Waals surface area contributed by atoms with Gasteiger partial charge in [-0.1, -0.05) is 35.4 Å². The lowest BCUT2D eigenvalue weighted by molar-refractivity contribution is -0.0600. The topological polar surface area (TPSA) is 154 Å². The average Bonchev–Trinajstić information content (AvgIpc) is 3.24. The lowest BCUT2D eigenvalue weighted by Gasteiger charge is -2.25. The average molecular weight is 431 g/mol. The van der Waals surface area contributed by atoms with Crippen molar-refractivity contribution in [1.82, 2.24) is 19.5 Å². The highest BCUT2D eigenvalue weighted by Gasteiger charge is 2.52. The Hall–Kier alpha value is -2.95. The van der Waals surface area contributed by atoms with Crippen LogP contribution in [0, 0.1) is 0 Å². The molecule has 0 saturated carbocycles. The van der Waals surface area contributed by atoms with E-state index in [1.165, 1.54) is 17.8 Å². The first kappa shape index (κ1) is 20.3. The van der Waals surface area contributed by atoms with Crippen LogP contribution in [0.25, 0.3) is 21.6 Å². The van der Waals surface area contributed by atoms with Crippen molar-refractivity contribution in [1.29, 1.82) is 0 Å². The first-order valence-corrected chi connectivity index (χ1v) is 9.54. The predicted molar refractivity (Wildman–Crippen MR) is 109 cm³/mol. The summed E-state index contributed by atoms with van der Waals surface area (Å²) in [5.74, 6) is 0.428. The smallest absolute Gasteiger partial charge is 0.226 e. The summed E-state index contributed by atoms with van der Waals surface area (Å²) >= 11 is 6.12. The predicted octanol–water partition coefficient (Wildman–Crippen LogP) is 2.41. The van der Waals surface area contributed by atoms with Gasteiger partial charge in [-0.2, -0.15) is 9.97 Å². The van der Waals surface area contributed by atoms with Crippen LogP contribution in [-0.4, -0.2) is 54.1 Å². The van der Waals surface area contributed by atoms with Gasteiger partial charge in [0.2, 0.25) is 5.28 Å². The number of aliphatic hydroxyl groups is 2. The largest absolute Gasteiger partial charge is 0.385 e. The Labute approximate surface area is 175 Å². The van der Waals surface area contributed by atoms with E-state index in [0.717, 1.165) is 5.56 Å². The van der Waals surface area contributed by atoms with Crippen LogP contribution in [0.4, 0.5) is 5.82 Å². The number of aromatic nitrogens is 4. The number of nitrogens with zero attached hydrogens (tertiary/aromatic N) is 7. The number of anilines is 1. The fourth-order valence-electron chi connectivity index (χ4n) is 3.40. The van der Waals surface area contributed by atoms with Crippen molar-refractivity contribution in [3.8, 4) is 0 Å². The van der Waals surface area contributed by atoms with Crippen molar-refractivity contribution in [3.63, 3.8) is 0 Å². The van der Waals surface area contributed by atoms with E-state index in [-0.39, 0.29) is 11.8 Å². The zero-order valence-corrected chi connectivity index (χ0v) is 16.7. The Morgan fingerprint density at radius 2 is 2.13 bits per heavy atom. The number of halogens is 1. The Balaban J connectivity index is 1.66. The molecule has 1 aromatic carbocycles. The van der Waals surface area contributed by atoms with Gasteiger partial charge in [0, 0.05) is 11.5 Å². The first-order chi connectivity index (χ1) is 14.4. The maximum atomic E-state index is 10.7. The zero-order valence-electron chi connectivity index (χ0n) is 15.9. The van der Waals surface area contributed by atoms with Gasteiger partial charge < -0.3 is 20.3 Å². The summed E-state index contributed by atoms with van der Waals surface area (Å²) in [5.41, 5.74) is 8.73. The first-order valence-electron chi connectivity index (χ1n) is 9.16. The minimum Gasteiger partial charge on any atom is -0.385 e. The van der Waals surface area contributed by atoms with Gasteiger partial charge in [-0.25, -0.2) is 4.98 Å². The number of rotatable bonds is 6. The van der Waals surface area contributed by atoms with E-state index in [9.17, 15) is 10.2 Å². The number of aliphatic hydroxyl groups excluding tert-OH is 1. The van der Waals surface area contributed by atoms with Crippen molar-refractivity contribution in [2.24, 2.45) is 5.11 Å². The summed E-state index contributed by atoms with van der Waals surface area (Å²) < 4.78 is 7.26. The van der Waals surface area contributed by atoms with E-state index in [2.05, 4.69) is 30.3 Å². The molecule has 0 spiro atoms. The highest BCUT2D eigenvalue weighted by Crippen LogP contribution is 2.38.